The quantitative estimate of drug-likeness (QED) is 0.223. The summed E-state index contributed by atoms with van der Waals surface area (Å²) < 4.78 is 80.2. The summed E-state index contributed by atoms with van der Waals surface area (Å²) in [6.07, 6.45) is -9.32. The summed E-state index contributed by atoms with van der Waals surface area (Å²) in [6.45, 7) is -0.589. The van der Waals surface area contributed by atoms with Gasteiger partial charge in [-0.25, -0.2) is 0 Å². The van der Waals surface area contributed by atoms with Gasteiger partial charge in [-0.15, -0.1) is 0 Å². The van der Waals surface area contributed by atoms with Crippen molar-refractivity contribution < 1.29 is 31.2 Å². The first-order valence-corrected chi connectivity index (χ1v) is 9.23. The van der Waals surface area contributed by atoms with E-state index < -0.39 is 30.1 Å². The predicted molar refractivity (Wildman–Crippen MR) is 105 cm³/mol. The second kappa shape index (κ2) is 9.01. The van der Waals surface area contributed by atoms with Gasteiger partial charge in [0, 0.05) is 21.7 Å². The largest absolute Gasteiger partial charge is 0.417 e. The molecular weight excluding hydrogens is 444 g/mol. The third-order valence-electron chi connectivity index (χ3n) is 4.29. The van der Waals surface area contributed by atoms with E-state index in [4.69, 9.17) is 16.4 Å². The van der Waals surface area contributed by atoms with E-state index in [1.807, 2.05) is 0 Å². The SMILES string of the molecule is FC(F)(F)c1ccccc1CON=C(c1ccccc1)c1cc(Cl)ccc1C(F)(F)F. The Hall–Kier alpha value is -3.00. The summed E-state index contributed by atoms with van der Waals surface area (Å²) in [5.74, 6) is 0. The van der Waals surface area contributed by atoms with Crippen molar-refractivity contribution in [1.29, 1.82) is 0 Å². The fraction of sp³-hybridized carbons (Fsp3) is 0.136. The highest BCUT2D eigenvalue weighted by atomic mass is 35.5. The Morgan fingerprint density at radius 3 is 2.03 bits per heavy atom. The van der Waals surface area contributed by atoms with Crippen LogP contribution in [-0.4, -0.2) is 5.71 Å². The number of rotatable bonds is 5. The Morgan fingerprint density at radius 2 is 1.39 bits per heavy atom. The molecule has 0 aromatic heterocycles. The van der Waals surface area contributed by atoms with E-state index >= 15 is 0 Å². The van der Waals surface area contributed by atoms with Gasteiger partial charge < -0.3 is 4.84 Å². The molecule has 0 fully saturated rings. The van der Waals surface area contributed by atoms with Gasteiger partial charge in [-0.05, 0) is 24.3 Å². The Balaban J connectivity index is 2.04. The summed E-state index contributed by atoms with van der Waals surface area (Å²) in [4.78, 5) is 5.11. The minimum atomic E-state index is -4.71. The number of hydrogen-bond acceptors (Lipinski definition) is 2. The number of alkyl halides is 6. The summed E-state index contributed by atoms with van der Waals surface area (Å²) in [6, 6.07) is 15.6. The molecule has 0 saturated carbocycles. The zero-order chi connectivity index (χ0) is 22.6. The predicted octanol–water partition coefficient (Wildman–Crippen LogP) is 7.35. The first-order chi connectivity index (χ1) is 14.6. The van der Waals surface area contributed by atoms with Gasteiger partial charge in [0.15, 0.2) is 0 Å². The molecule has 3 aromatic rings. The lowest BCUT2D eigenvalue weighted by molar-refractivity contribution is -0.139. The van der Waals surface area contributed by atoms with Gasteiger partial charge in [0.25, 0.3) is 0 Å². The average molecular weight is 458 g/mol. The van der Waals surface area contributed by atoms with E-state index in [1.165, 1.54) is 30.3 Å². The van der Waals surface area contributed by atoms with Gasteiger partial charge in [-0.2, -0.15) is 26.3 Å². The zero-order valence-electron chi connectivity index (χ0n) is 15.6. The molecule has 0 aliphatic heterocycles. The van der Waals surface area contributed by atoms with Crippen molar-refractivity contribution in [1.82, 2.24) is 0 Å². The molecule has 0 unspecified atom stereocenters. The summed E-state index contributed by atoms with van der Waals surface area (Å²) >= 11 is 5.91. The van der Waals surface area contributed by atoms with Crippen LogP contribution in [-0.2, 0) is 23.8 Å². The maximum Gasteiger partial charge on any atom is 0.417 e. The molecule has 162 valence electrons. The fourth-order valence-corrected chi connectivity index (χ4v) is 3.07. The highest BCUT2D eigenvalue weighted by Gasteiger charge is 2.35. The molecule has 0 heterocycles. The molecule has 31 heavy (non-hydrogen) atoms. The van der Waals surface area contributed by atoms with Crippen LogP contribution in [0.25, 0.3) is 0 Å². The van der Waals surface area contributed by atoms with Crippen LogP contribution in [0.5, 0.6) is 0 Å². The smallest absolute Gasteiger partial charge is 0.390 e. The van der Waals surface area contributed by atoms with Crippen molar-refractivity contribution in [2.75, 3.05) is 0 Å². The monoisotopic (exact) mass is 457 g/mol. The van der Waals surface area contributed by atoms with Crippen molar-refractivity contribution in [3.63, 3.8) is 0 Å². The molecule has 0 atom stereocenters. The number of hydrogen-bond donors (Lipinski definition) is 0. The van der Waals surface area contributed by atoms with Crippen LogP contribution >= 0.6 is 11.6 Å². The van der Waals surface area contributed by atoms with E-state index in [0.717, 1.165) is 24.3 Å². The minimum Gasteiger partial charge on any atom is -0.390 e. The second-order valence-corrected chi connectivity index (χ2v) is 6.86. The summed E-state index contributed by atoms with van der Waals surface area (Å²) in [5, 5.41) is 3.82. The van der Waals surface area contributed by atoms with Crippen LogP contribution < -0.4 is 0 Å². The van der Waals surface area contributed by atoms with E-state index in [9.17, 15) is 26.3 Å². The highest BCUT2D eigenvalue weighted by molar-refractivity contribution is 6.31. The number of halogens is 7. The molecule has 0 spiro atoms. The molecule has 0 aliphatic rings. The number of benzene rings is 3. The molecule has 0 aliphatic carbocycles. The molecule has 0 bridgehead atoms. The summed E-state index contributed by atoms with van der Waals surface area (Å²) in [5.41, 5.74) is -2.40. The molecule has 0 radical (unpaired) electrons. The molecule has 3 aromatic carbocycles. The lowest BCUT2D eigenvalue weighted by atomic mass is 9.97. The molecule has 2 nitrogen and oxygen atoms in total. The molecule has 9 heteroatoms. The highest BCUT2D eigenvalue weighted by Crippen LogP contribution is 2.35. The van der Waals surface area contributed by atoms with Crippen molar-refractivity contribution in [3.05, 3.63) is 106 Å². The van der Waals surface area contributed by atoms with Crippen molar-refractivity contribution in [2.45, 2.75) is 19.0 Å². The van der Waals surface area contributed by atoms with Crippen LogP contribution in [0, 0.1) is 0 Å². The van der Waals surface area contributed by atoms with Gasteiger partial charge in [0.1, 0.15) is 12.3 Å². The molecule has 0 N–H and O–H groups in total. The van der Waals surface area contributed by atoms with E-state index in [2.05, 4.69) is 5.16 Å². The minimum absolute atomic E-state index is 0.0362. The van der Waals surface area contributed by atoms with Gasteiger partial charge in [0.2, 0.25) is 0 Å². The van der Waals surface area contributed by atoms with Gasteiger partial charge in [-0.3, -0.25) is 0 Å². The average Bonchev–Trinajstić information content (AvgIpc) is 2.70. The Labute approximate surface area is 178 Å². The lowest BCUT2D eigenvalue weighted by Crippen LogP contribution is -2.15. The Kier molecular flexibility index (Phi) is 6.59. The maximum atomic E-state index is 13.6. The molecule has 0 saturated heterocycles. The first-order valence-electron chi connectivity index (χ1n) is 8.85. The topological polar surface area (TPSA) is 21.6 Å². The normalized spacial score (nSPS) is 12.7. The van der Waals surface area contributed by atoms with Crippen LogP contribution in [0.4, 0.5) is 26.3 Å². The fourth-order valence-electron chi connectivity index (χ4n) is 2.90. The molecule has 0 amide bonds. The third-order valence-corrected chi connectivity index (χ3v) is 4.52. The maximum absolute atomic E-state index is 13.6. The van der Waals surface area contributed by atoms with E-state index in [0.29, 0.717) is 0 Å². The van der Waals surface area contributed by atoms with Gasteiger partial charge in [0.05, 0.1) is 11.1 Å². The Morgan fingerprint density at radius 1 is 0.774 bits per heavy atom. The van der Waals surface area contributed by atoms with Crippen molar-refractivity contribution >= 4 is 17.3 Å². The molecular formula is C22H14ClF6NO. The van der Waals surface area contributed by atoms with Crippen LogP contribution in [0.1, 0.15) is 27.8 Å². The van der Waals surface area contributed by atoms with Gasteiger partial charge in [-0.1, -0.05) is 65.3 Å². The van der Waals surface area contributed by atoms with Crippen LogP contribution in [0.2, 0.25) is 5.02 Å². The first kappa shape index (κ1) is 22.7. The standard InChI is InChI=1S/C22H14ClF6NO/c23-16-10-11-19(22(27,28)29)17(12-16)20(14-6-2-1-3-7-14)30-31-13-15-8-4-5-9-18(15)21(24,25)26/h1-12H,13H2. The van der Waals surface area contributed by atoms with E-state index in [1.54, 1.807) is 18.2 Å². The van der Waals surface area contributed by atoms with Crippen LogP contribution in [0.15, 0.2) is 78.0 Å². The molecule has 3 rings (SSSR count). The lowest BCUT2D eigenvalue weighted by Gasteiger charge is -2.16. The van der Waals surface area contributed by atoms with Crippen molar-refractivity contribution in [3.8, 4) is 0 Å². The number of oxime groups is 1. The van der Waals surface area contributed by atoms with Crippen LogP contribution in [0.3, 0.4) is 0 Å². The van der Waals surface area contributed by atoms with Gasteiger partial charge >= 0.3 is 12.4 Å². The second-order valence-electron chi connectivity index (χ2n) is 6.42. The van der Waals surface area contributed by atoms with E-state index in [-0.39, 0.29) is 27.4 Å². The number of nitrogens with zero attached hydrogens (tertiary/aromatic N) is 1. The summed E-state index contributed by atoms with van der Waals surface area (Å²) in [7, 11) is 0. The zero-order valence-corrected chi connectivity index (χ0v) is 16.4. The third kappa shape index (κ3) is 5.58. The Bertz CT molecular complexity index is 1080. The van der Waals surface area contributed by atoms with Crippen molar-refractivity contribution in [2.24, 2.45) is 5.16 Å².